The summed E-state index contributed by atoms with van der Waals surface area (Å²) in [5.74, 6) is 2.34. The number of piperidine rings is 1. The van der Waals surface area contributed by atoms with Crippen LogP contribution in [0.25, 0.3) is 0 Å². The second kappa shape index (κ2) is 6.63. The zero-order valence-corrected chi connectivity index (χ0v) is 16.4. The van der Waals surface area contributed by atoms with Gasteiger partial charge in [-0.25, -0.2) is 0 Å². The van der Waals surface area contributed by atoms with Crippen LogP contribution in [-0.2, 0) is 11.3 Å². The Kier molecular flexibility index (Phi) is 4.40. The lowest BCUT2D eigenvalue weighted by Gasteiger charge is -2.34. The molecule has 0 spiro atoms. The molecule has 3 heterocycles. The first-order valence-electron chi connectivity index (χ1n) is 10.9. The van der Waals surface area contributed by atoms with E-state index in [0.717, 1.165) is 5.76 Å². The molecule has 0 radical (unpaired) electrons. The Morgan fingerprint density at radius 2 is 1.69 bits per heavy atom. The van der Waals surface area contributed by atoms with E-state index in [1.165, 1.54) is 75.5 Å². The van der Waals surface area contributed by atoms with Crippen LogP contribution in [0.2, 0.25) is 0 Å². The molecular formula is C22H34N2O2. The molecule has 144 valence electrons. The third-order valence-electron chi connectivity index (χ3n) is 7.42. The van der Waals surface area contributed by atoms with Gasteiger partial charge in [0.25, 0.3) is 0 Å². The van der Waals surface area contributed by atoms with Crippen LogP contribution < -0.4 is 5.32 Å². The van der Waals surface area contributed by atoms with Gasteiger partial charge < -0.3 is 14.6 Å². The molecule has 2 aliphatic carbocycles. The molecule has 4 heteroatoms. The van der Waals surface area contributed by atoms with Crippen molar-refractivity contribution in [2.24, 2.45) is 5.41 Å². The summed E-state index contributed by atoms with van der Waals surface area (Å²) < 4.78 is 12.3. The van der Waals surface area contributed by atoms with E-state index in [0.29, 0.717) is 42.0 Å². The van der Waals surface area contributed by atoms with Crippen molar-refractivity contribution >= 4 is 0 Å². The van der Waals surface area contributed by atoms with Crippen molar-refractivity contribution in [1.29, 1.82) is 0 Å². The molecule has 2 aliphatic heterocycles. The standard InChI is InChI=1S/C22H34N2O2/c1-22(2)9-7-14(8-10-22)20-19(21(26-24-20)15-3-4-15)13-25-18-11-16-5-6-17(12-18)23-16/h14-18,23H,3-13H2,1-2H3/t16-,17?,18?/m0/s1. The fourth-order valence-electron chi connectivity index (χ4n) is 5.48. The summed E-state index contributed by atoms with van der Waals surface area (Å²) in [5.41, 5.74) is 3.05. The summed E-state index contributed by atoms with van der Waals surface area (Å²) in [6.45, 7) is 5.52. The minimum atomic E-state index is 0.411. The largest absolute Gasteiger partial charge is 0.373 e. The predicted octanol–water partition coefficient (Wildman–Crippen LogP) is 5.04. The van der Waals surface area contributed by atoms with Crippen molar-refractivity contribution in [3.8, 4) is 0 Å². The minimum Gasteiger partial charge on any atom is -0.373 e. The number of hydrogen-bond donors (Lipinski definition) is 1. The topological polar surface area (TPSA) is 47.3 Å². The second-order valence-electron chi connectivity index (χ2n) is 10.2. The van der Waals surface area contributed by atoms with Gasteiger partial charge in [0.05, 0.1) is 18.4 Å². The summed E-state index contributed by atoms with van der Waals surface area (Å²) in [6.07, 6.45) is 13.0. The van der Waals surface area contributed by atoms with E-state index in [4.69, 9.17) is 9.26 Å². The van der Waals surface area contributed by atoms with Gasteiger partial charge in [-0.15, -0.1) is 0 Å². The highest BCUT2D eigenvalue weighted by molar-refractivity contribution is 5.30. The lowest BCUT2D eigenvalue weighted by molar-refractivity contribution is 0.00811. The molecule has 2 unspecified atom stereocenters. The van der Waals surface area contributed by atoms with Crippen LogP contribution in [0.1, 0.15) is 107 Å². The maximum Gasteiger partial charge on any atom is 0.145 e. The fourth-order valence-corrected chi connectivity index (χ4v) is 5.48. The van der Waals surface area contributed by atoms with E-state index in [9.17, 15) is 0 Å². The number of rotatable bonds is 5. The quantitative estimate of drug-likeness (QED) is 0.801. The van der Waals surface area contributed by atoms with Crippen LogP contribution in [0.5, 0.6) is 0 Å². The van der Waals surface area contributed by atoms with E-state index in [-0.39, 0.29) is 0 Å². The smallest absolute Gasteiger partial charge is 0.145 e. The average molecular weight is 359 g/mol. The monoisotopic (exact) mass is 358 g/mol. The van der Waals surface area contributed by atoms with Gasteiger partial charge in [0, 0.05) is 29.5 Å². The van der Waals surface area contributed by atoms with Gasteiger partial charge in [0.2, 0.25) is 0 Å². The van der Waals surface area contributed by atoms with Gasteiger partial charge in [-0.1, -0.05) is 19.0 Å². The minimum absolute atomic E-state index is 0.411. The SMILES string of the molecule is CC1(C)CCC(c2noc(C3CC3)c2COC2CC3CC[C@@H](C2)N3)CC1. The van der Waals surface area contributed by atoms with E-state index < -0.39 is 0 Å². The molecule has 1 aromatic heterocycles. The normalized spacial score (nSPS) is 34.3. The molecule has 1 aromatic rings. The molecule has 3 atom stereocenters. The zero-order valence-electron chi connectivity index (χ0n) is 16.4. The molecule has 0 amide bonds. The molecule has 4 aliphatic rings. The van der Waals surface area contributed by atoms with Crippen LogP contribution in [0.4, 0.5) is 0 Å². The number of aromatic nitrogens is 1. The first-order chi connectivity index (χ1) is 12.6. The van der Waals surface area contributed by atoms with Gasteiger partial charge in [-0.3, -0.25) is 0 Å². The van der Waals surface area contributed by atoms with Gasteiger partial charge >= 0.3 is 0 Å². The summed E-state index contributed by atoms with van der Waals surface area (Å²) in [4.78, 5) is 0. The summed E-state index contributed by atoms with van der Waals surface area (Å²) in [5, 5.41) is 8.30. The highest BCUT2D eigenvalue weighted by atomic mass is 16.5. The Morgan fingerprint density at radius 1 is 1.00 bits per heavy atom. The van der Waals surface area contributed by atoms with Gasteiger partial charge in [0.1, 0.15) is 5.76 Å². The van der Waals surface area contributed by atoms with Crippen LogP contribution in [-0.4, -0.2) is 23.3 Å². The molecule has 5 rings (SSSR count). The third kappa shape index (κ3) is 3.47. The lowest BCUT2D eigenvalue weighted by Crippen LogP contribution is -2.41. The number of nitrogens with one attached hydrogen (secondary N) is 1. The predicted molar refractivity (Wildman–Crippen MR) is 101 cm³/mol. The number of nitrogens with zero attached hydrogens (tertiary/aromatic N) is 1. The third-order valence-corrected chi connectivity index (χ3v) is 7.42. The summed E-state index contributed by atoms with van der Waals surface area (Å²) in [6, 6.07) is 1.37. The van der Waals surface area contributed by atoms with E-state index >= 15 is 0 Å². The second-order valence-corrected chi connectivity index (χ2v) is 10.2. The lowest BCUT2D eigenvalue weighted by atomic mass is 9.72. The molecule has 1 N–H and O–H groups in total. The summed E-state index contributed by atoms with van der Waals surface area (Å²) in [7, 11) is 0. The van der Waals surface area contributed by atoms with Crippen LogP contribution in [0.3, 0.4) is 0 Å². The van der Waals surface area contributed by atoms with Crippen molar-refractivity contribution in [2.45, 2.75) is 115 Å². The Bertz CT molecular complexity index is 627. The van der Waals surface area contributed by atoms with Crippen LogP contribution in [0, 0.1) is 5.41 Å². The molecule has 2 saturated heterocycles. The van der Waals surface area contributed by atoms with E-state index in [1.807, 2.05) is 0 Å². The van der Waals surface area contributed by atoms with Crippen molar-refractivity contribution < 1.29 is 9.26 Å². The molecule has 26 heavy (non-hydrogen) atoms. The van der Waals surface area contributed by atoms with Gasteiger partial charge in [-0.2, -0.15) is 0 Å². The van der Waals surface area contributed by atoms with E-state index in [1.54, 1.807) is 0 Å². The highest BCUT2D eigenvalue weighted by Gasteiger charge is 2.38. The number of fused-ring (bicyclic) bond motifs is 2. The van der Waals surface area contributed by atoms with Crippen molar-refractivity contribution in [1.82, 2.24) is 10.5 Å². The first-order valence-corrected chi connectivity index (χ1v) is 10.9. The van der Waals surface area contributed by atoms with Crippen molar-refractivity contribution in [3.63, 3.8) is 0 Å². The van der Waals surface area contributed by atoms with E-state index in [2.05, 4.69) is 24.3 Å². The van der Waals surface area contributed by atoms with Gasteiger partial charge in [0.15, 0.2) is 0 Å². The zero-order chi connectivity index (χ0) is 17.7. The molecule has 4 nitrogen and oxygen atoms in total. The number of hydrogen-bond acceptors (Lipinski definition) is 4. The molecule has 4 fully saturated rings. The van der Waals surface area contributed by atoms with Gasteiger partial charge in [-0.05, 0) is 69.6 Å². The van der Waals surface area contributed by atoms with Crippen molar-refractivity contribution in [2.75, 3.05) is 0 Å². The fraction of sp³-hybridized carbons (Fsp3) is 0.864. The Morgan fingerprint density at radius 3 is 2.35 bits per heavy atom. The van der Waals surface area contributed by atoms with Crippen LogP contribution >= 0.6 is 0 Å². The van der Waals surface area contributed by atoms with Crippen LogP contribution in [0.15, 0.2) is 4.52 Å². The average Bonchev–Trinajstić information content (AvgIpc) is 3.29. The Hall–Kier alpha value is -0.870. The molecule has 2 saturated carbocycles. The molecule has 2 bridgehead atoms. The molecule has 0 aromatic carbocycles. The number of ether oxygens (including phenoxy) is 1. The maximum atomic E-state index is 6.46. The Labute approximate surface area is 157 Å². The maximum absolute atomic E-state index is 6.46. The van der Waals surface area contributed by atoms with Crippen molar-refractivity contribution in [3.05, 3.63) is 17.0 Å². The highest BCUT2D eigenvalue weighted by Crippen LogP contribution is 2.47. The summed E-state index contributed by atoms with van der Waals surface area (Å²) >= 11 is 0. The Balaban J connectivity index is 1.29. The first kappa shape index (κ1) is 17.2. The molecular weight excluding hydrogens is 324 g/mol.